The average molecular weight is 231 g/mol. The summed E-state index contributed by atoms with van der Waals surface area (Å²) < 4.78 is 0. The van der Waals surface area contributed by atoms with Crippen molar-refractivity contribution in [1.29, 1.82) is 5.26 Å². The molecule has 0 aromatic carbocycles. The summed E-state index contributed by atoms with van der Waals surface area (Å²) >= 11 is 3.63. The van der Waals surface area contributed by atoms with Gasteiger partial charge in [-0.1, -0.05) is 35.2 Å². The van der Waals surface area contributed by atoms with Crippen molar-refractivity contribution in [3.05, 3.63) is 0 Å². The van der Waals surface area contributed by atoms with Gasteiger partial charge < -0.3 is 5.32 Å². The van der Waals surface area contributed by atoms with Gasteiger partial charge in [-0.2, -0.15) is 5.26 Å². The molecule has 0 saturated heterocycles. The Morgan fingerprint density at radius 1 is 1.42 bits per heavy atom. The lowest BCUT2D eigenvalue weighted by molar-refractivity contribution is 0.350. The molecule has 1 aliphatic rings. The Bertz CT molecular complexity index is 158. The van der Waals surface area contributed by atoms with E-state index in [1.165, 1.54) is 32.1 Å². The summed E-state index contributed by atoms with van der Waals surface area (Å²) in [5.74, 6) is 0.777. The molecule has 0 aromatic rings. The summed E-state index contributed by atoms with van der Waals surface area (Å²) in [6.45, 7) is 0.779. The van der Waals surface area contributed by atoms with Crippen LogP contribution >= 0.6 is 15.9 Å². The SMILES string of the molecule is N#CNCC(Br)C1CCCCC1. The molecule has 68 valence electrons. The van der Waals surface area contributed by atoms with Crippen molar-refractivity contribution in [3.63, 3.8) is 0 Å². The third-order valence-corrected chi connectivity index (χ3v) is 3.61. The minimum absolute atomic E-state index is 0.484. The van der Waals surface area contributed by atoms with E-state index in [2.05, 4.69) is 21.2 Å². The fourth-order valence-corrected chi connectivity index (χ4v) is 2.50. The zero-order valence-electron chi connectivity index (χ0n) is 7.22. The van der Waals surface area contributed by atoms with Crippen LogP contribution < -0.4 is 5.32 Å². The first-order chi connectivity index (χ1) is 5.84. The predicted octanol–water partition coefficient (Wildman–Crippen LogP) is 2.40. The molecule has 1 fully saturated rings. The summed E-state index contributed by atoms with van der Waals surface area (Å²) in [5, 5.41) is 11.0. The molecule has 1 N–H and O–H groups in total. The standard InChI is InChI=1S/C9H15BrN2/c10-9(6-12-7-11)8-4-2-1-3-5-8/h8-9,12H,1-6H2. The third kappa shape index (κ3) is 3.02. The van der Waals surface area contributed by atoms with Gasteiger partial charge in [-0.15, -0.1) is 0 Å². The third-order valence-electron chi connectivity index (χ3n) is 2.54. The highest BCUT2D eigenvalue weighted by molar-refractivity contribution is 9.09. The number of rotatable bonds is 3. The Labute approximate surface area is 82.5 Å². The van der Waals surface area contributed by atoms with Crippen LogP contribution in [0.15, 0.2) is 0 Å². The second-order valence-electron chi connectivity index (χ2n) is 3.41. The number of nitrogens with zero attached hydrogens (tertiary/aromatic N) is 1. The Hall–Kier alpha value is -0.230. The van der Waals surface area contributed by atoms with Crippen LogP contribution in [0.1, 0.15) is 32.1 Å². The van der Waals surface area contributed by atoms with Gasteiger partial charge in [-0.3, -0.25) is 0 Å². The second kappa shape index (κ2) is 5.42. The molecule has 0 spiro atoms. The maximum atomic E-state index is 8.33. The van der Waals surface area contributed by atoms with Crippen molar-refractivity contribution in [3.8, 4) is 6.19 Å². The maximum Gasteiger partial charge on any atom is 0.176 e. The van der Waals surface area contributed by atoms with Crippen LogP contribution in [0.4, 0.5) is 0 Å². The fraction of sp³-hybridized carbons (Fsp3) is 0.889. The van der Waals surface area contributed by atoms with Crippen LogP contribution in [0.5, 0.6) is 0 Å². The lowest BCUT2D eigenvalue weighted by atomic mass is 9.87. The second-order valence-corrected chi connectivity index (χ2v) is 4.58. The minimum Gasteiger partial charge on any atom is -0.323 e. The number of halogens is 1. The summed E-state index contributed by atoms with van der Waals surface area (Å²) in [5.41, 5.74) is 0. The van der Waals surface area contributed by atoms with Gasteiger partial charge in [0.1, 0.15) is 0 Å². The molecular formula is C9H15BrN2. The molecule has 1 aliphatic carbocycles. The van der Waals surface area contributed by atoms with Crippen LogP contribution in [0.2, 0.25) is 0 Å². The summed E-state index contributed by atoms with van der Waals surface area (Å²) in [6, 6.07) is 0. The first-order valence-corrected chi connectivity index (χ1v) is 5.52. The molecule has 1 saturated carbocycles. The smallest absolute Gasteiger partial charge is 0.176 e. The van der Waals surface area contributed by atoms with E-state index < -0.39 is 0 Å². The largest absolute Gasteiger partial charge is 0.323 e. The van der Waals surface area contributed by atoms with Crippen LogP contribution in [0.3, 0.4) is 0 Å². The zero-order valence-corrected chi connectivity index (χ0v) is 8.81. The lowest BCUT2D eigenvalue weighted by Gasteiger charge is -2.25. The van der Waals surface area contributed by atoms with Crippen molar-refractivity contribution in [1.82, 2.24) is 5.32 Å². The normalized spacial score (nSPS) is 21.3. The molecular weight excluding hydrogens is 216 g/mol. The topological polar surface area (TPSA) is 35.8 Å². The van der Waals surface area contributed by atoms with E-state index in [0.29, 0.717) is 4.83 Å². The predicted molar refractivity (Wildman–Crippen MR) is 52.9 cm³/mol. The van der Waals surface area contributed by atoms with Crippen LogP contribution in [0, 0.1) is 17.4 Å². The van der Waals surface area contributed by atoms with Gasteiger partial charge in [-0.25, -0.2) is 0 Å². The average Bonchev–Trinajstić information content (AvgIpc) is 2.15. The van der Waals surface area contributed by atoms with Gasteiger partial charge in [0.2, 0.25) is 0 Å². The molecule has 1 unspecified atom stereocenters. The maximum absolute atomic E-state index is 8.33. The Morgan fingerprint density at radius 3 is 2.67 bits per heavy atom. The molecule has 0 aliphatic heterocycles. The Morgan fingerprint density at radius 2 is 2.08 bits per heavy atom. The molecule has 0 bridgehead atoms. The highest BCUT2D eigenvalue weighted by Crippen LogP contribution is 2.29. The van der Waals surface area contributed by atoms with Crippen LogP contribution in [-0.2, 0) is 0 Å². The highest BCUT2D eigenvalue weighted by Gasteiger charge is 2.20. The molecule has 12 heavy (non-hydrogen) atoms. The summed E-state index contributed by atoms with van der Waals surface area (Å²) in [7, 11) is 0. The van der Waals surface area contributed by atoms with Crippen molar-refractivity contribution >= 4 is 15.9 Å². The molecule has 0 aromatic heterocycles. The number of hydrogen-bond acceptors (Lipinski definition) is 2. The van der Waals surface area contributed by atoms with Gasteiger partial charge in [-0.05, 0) is 18.8 Å². The van der Waals surface area contributed by atoms with E-state index >= 15 is 0 Å². The van der Waals surface area contributed by atoms with Gasteiger partial charge in [0.05, 0.1) is 0 Å². The quantitative estimate of drug-likeness (QED) is 0.460. The first-order valence-electron chi connectivity index (χ1n) is 4.60. The van der Waals surface area contributed by atoms with Crippen LogP contribution in [-0.4, -0.2) is 11.4 Å². The van der Waals surface area contributed by atoms with E-state index in [1.54, 1.807) is 0 Å². The van der Waals surface area contributed by atoms with E-state index in [-0.39, 0.29) is 0 Å². The van der Waals surface area contributed by atoms with Gasteiger partial charge in [0.25, 0.3) is 0 Å². The van der Waals surface area contributed by atoms with Crippen molar-refractivity contribution in [2.24, 2.45) is 5.92 Å². The molecule has 1 atom stereocenters. The highest BCUT2D eigenvalue weighted by atomic mass is 79.9. The fourth-order valence-electron chi connectivity index (χ4n) is 1.81. The number of hydrogen-bond donors (Lipinski definition) is 1. The monoisotopic (exact) mass is 230 g/mol. The minimum atomic E-state index is 0.484. The molecule has 1 rings (SSSR count). The first kappa shape index (κ1) is 9.85. The van der Waals surface area contributed by atoms with Gasteiger partial charge >= 0.3 is 0 Å². The molecule has 0 radical (unpaired) electrons. The van der Waals surface area contributed by atoms with Crippen LogP contribution in [0.25, 0.3) is 0 Å². The summed E-state index contributed by atoms with van der Waals surface area (Å²) in [6.07, 6.45) is 8.71. The van der Waals surface area contributed by atoms with E-state index in [0.717, 1.165) is 12.5 Å². The van der Waals surface area contributed by atoms with Crippen molar-refractivity contribution in [2.45, 2.75) is 36.9 Å². The zero-order chi connectivity index (χ0) is 8.81. The van der Waals surface area contributed by atoms with E-state index in [4.69, 9.17) is 5.26 Å². The Balaban J connectivity index is 2.21. The molecule has 0 heterocycles. The Kier molecular flexibility index (Phi) is 4.45. The lowest BCUT2D eigenvalue weighted by Crippen LogP contribution is -2.27. The molecule has 0 amide bonds. The van der Waals surface area contributed by atoms with E-state index in [1.807, 2.05) is 6.19 Å². The number of nitrogens with one attached hydrogen (secondary N) is 1. The van der Waals surface area contributed by atoms with Gasteiger partial charge in [0, 0.05) is 11.4 Å². The van der Waals surface area contributed by atoms with Gasteiger partial charge in [0.15, 0.2) is 6.19 Å². The molecule has 3 heteroatoms. The molecule has 2 nitrogen and oxygen atoms in total. The summed E-state index contributed by atoms with van der Waals surface area (Å²) in [4.78, 5) is 0.484. The number of nitriles is 1. The van der Waals surface area contributed by atoms with E-state index in [9.17, 15) is 0 Å². The number of alkyl halides is 1. The van der Waals surface area contributed by atoms with Crippen molar-refractivity contribution in [2.75, 3.05) is 6.54 Å². The van der Waals surface area contributed by atoms with Crippen molar-refractivity contribution < 1.29 is 0 Å².